The molecule has 0 spiro atoms. The quantitative estimate of drug-likeness (QED) is 0.535. The van der Waals surface area contributed by atoms with Gasteiger partial charge in [-0.2, -0.15) is 0 Å². The topological polar surface area (TPSA) is 12.0 Å². The van der Waals surface area contributed by atoms with Gasteiger partial charge in [0.2, 0.25) is 0 Å². The van der Waals surface area contributed by atoms with Gasteiger partial charge in [-0.3, -0.25) is 0 Å². The molecule has 1 nitrogen and oxygen atoms in total. The number of fused-ring (bicyclic) bond motifs is 1. The summed E-state index contributed by atoms with van der Waals surface area (Å²) in [5.74, 6) is 1.21. The molecule has 2 rings (SSSR count). The number of benzene rings is 2. The highest BCUT2D eigenvalue weighted by molar-refractivity contribution is 7.99. The predicted molar refractivity (Wildman–Crippen MR) is 91.7 cm³/mol. The zero-order valence-corrected chi connectivity index (χ0v) is 13.4. The molecule has 0 saturated heterocycles. The molecule has 20 heavy (non-hydrogen) atoms. The minimum atomic E-state index is 0.692. The third-order valence-corrected chi connectivity index (χ3v) is 4.75. The zero-order valence-electron chi connectivity index (χ0n) is 12.6. The van der Waals surface area contributed by atoms with Crippen molar-refractivity contribution in [3.8, 4) is 0 Å². The van der Waals surface area contributed by atoms with Gasteiger partial charge < -0.3 is 5.32 Å². The molecular weight excluding hydrogens is 262 g/mol. The summed E-state index contributed by atoms with van der Waals surface area (Å²) < 4.78 is 0. The second-order valence-corrected chi connectivity index (χ2v) is 6.33. The van der Waals surface area contributed by atoms with Crippen molar-refractivity contribution in [2.75, 3.05) is 12.3 Å². The summed E-state index contributed by atoms with van der Waals surface area (Å²) in [7, 11) is 0. The Morgan fingerprint density at radius 3 is 2.60 bits per heavy atom. The Labute approximate surface area is 127 Å². The average molecular weight is 287 g/mol. The van der Waals surface area contributed by atoms with Gasteiger partial charge in [0, 0.05) is 10.9 Å². The van der Waals surface area contributed by atoms with E-state index in [1.54, 1.807) is 0 Å². The molecule has 1 unspecified atom stereocenters. The maximum absolute atomic E-state index is 3.55. The molecule has 2 aromatic rings. The fourth-order valence-electron chi connectivity index (χ4n) is 2.52. The van der Waals surface area contributed by atoms with Crippen LogP contribution in [0, 0.1) is 0 Å². The van der Waals surface area contributed by atoms with Gasteiger partial charge in [0.1, 0.15) is 0 Å². The maximum atomic E-state index is 3.55. The van der Waals surface area contributed by atoms with E-state index in [0.29, 0.717) is 6.04 Å². The second-order valence-electron chi connectivity index (χ2n) is 5.16. The van der Waals surface area contributed by atoms with Gasteiger partial charge in [-0.1, -0.05) is 44.2 Å². The van der Waals surface area contributed by atoms with Crippen LogP contribution in [0.5, 0.6) is 0 Å². The van der Waals surface area contributed by atoms with Crippen molar-refractivity contribution >= 4 is 22.5 Å². The van der Waals surface area contributed by atoms with Crippen LogP contribution >= 0.6 is 11.8 Å². The molecule has 0 saturated carbocycles. The largest absolute Gasteiger partial charge is 0.314 e. The van der Waals surface area contributed by atoms with Crippen LogP contribution in [-0.4, -0.2) is 18.3 Å². The van der Waals surface area contributed by atoms with Gasteiger partial charge in [0.25, 0.3) is 0 Å². The van der Waals surface area contributed by atoms with E-state index < -0.39 is 0 Å². The first kappa shape index (κ1) is 15.4. The van der Waals surface area contributed by atoms with E-state index in [1.165, 1.54) is 40.7 Å². The molecule has 0 radical (unpaired) electrons. The first-order valence-electron chi connectivity index (χ1n) is 7.68. The Morgan fingerprint density at radius 2 is 1.85 bits per heavy atom. The molecule has 0 bridgehead atoms. The minimum Gasteiger partial charge on any atom is -0.314 e. The van der Waals surface area contributed by atoms with E-state index in [-0.39, 0.29) is 0 Å². The second kappa shape index (κ2) is 8.33. The molecule has 0 aliphatic carbocycles. The highest BCUT2D eigenvalue weighted by Crippen LogP contribution is 2.24. The van der Waals surface area contributed by atoms with Crippen molar-refractivity contribution in [3.05, 3.63) is 42.5 Å². The van der Waals surface area contributed by atoms with Crippen molar-refractivity contribution in [2.24, 2.45) is 0 Å². The van der Waals surface area contributed by atoms with Crippen LogP contribution in [0.15, 0.2) is 47.4 Å². The molecule has 0 fully saturated rings. The van der Waals surface area contributed by atoms with Crippen molar-refractivity contribution in [3.63, 3.8) is 0 Å². The van der Waals surface area contributed by atoms with Crippen molar-refractivity contribution in [1.82, 2.24) is 5.32 Å². The summed E-state index contributed by atoms with van der Waals surface area (Å²) in [5, 5.41) is 6.22. The van der Waals surface area contributed by atoms with Crippen LogP contribution in [-0.2, 0) is 0 Å². The summed E-state index contributed by atoms with van der Waals surface area (Å²) in [5.41, 5.74) is 0. The summed E-state index contributed by atoms with van der Waals surface area (Å²) in [6, 6.07) is 16.0. The van der Waals surface area contributed by atoms with Crippen LogP contribution in [0.4, 0.5) is 0 Å². The molecule has 0 aliphatic heterocycles. The Balaban J connectivity index is 1.80. The van der Waals surface area contributed by atoms with Crippen molar-refractivity contribution in [1.29, 1.82) is 0 Å². The standard InChI is InChI=1S/C18H25NS/c1-3-17(19-4-2)10-7-13-20-18-12-11-15-8-5-6-9-16(15)14-18/h5-6,8-9,11-12,14,17,19H,3-4,7,10,13H2,1-2H3. The number of nitrogens with one attached hydrogen (secondary N) is 1. The van der Waals surface area contributed by atoms with E-state index in [1.807, 2.05) is 11.8 Å². The first-order valence-corrected chi connectivity index (χ1v) is 8.67. The Hall–Kier alpha value is -0.990. The minimum absolute atomic E-state index is 0.692. The van der Waals surface area contributed by atoms with Crippen molar-refractivity contribution in [2.45, 2.75) is 44.0 Å². The maximum Gasteiger partial charge on any atom is 0.00783 e. The van der Waals surface area contributed by atoms with Gasteiger partial charge in [-0.15, -0.1) is 11.8 Å². The molecule has 1 atom stereocenters. The molecule has 0 heterocycles. The molecule has 2 aromatic carbocycles. The highest BCUT2D eigenvalue weighted by atomic mass is 32.2. The first-order chi connectivity index (χ1) is 9.83. The lowest BCUT2D eigenvalue weighted by Gasteiger charge is -2.15. The zero-order chi connectivity index (χ0) is 14.2. The molecular formula is C18H25NS. The smallest absolute Gasteiger partial charge is 0.00783 e. The van der Waals surface area contributed by atoms with Crippen LogP contribution in [0.2, 0.25) is 0 Å². The van der Waals surface area contributed by atoms with Gasteiger partial charge in [0.15, 0.2) is 0 Å². The lowest BCUT2D eigenvalue weighted by molar-refractivity contribution is 0.477. The van der Waals surface area contributed by atoms with Crippen LogP contribution in [0.3, 0.4) is 0 Å². The Kier molecular flexibility index (Phi) is 6.41. The molecule has 0 aromatic heterocycles. The van der Waals surface area contributed by atoms with Gasteiger partial charge in [-0.05, 0) is 54.5 Å². The molecule has 2 heteroatoms. The normalized spacial score (nSPS) is 12.7. The van der Waals surface area contributed by atoms with Gasteiger partial charge in [0.05, 0.1) is 0 Å². The molecule has 108 valence electrons. The van der Waals surface area contributed by atoms with Crippen molar-refractivity contribution < 1.29 is 0 Å². The third kappa shape index (κ3) is 4.53. The summed E-state index contributed by atoms with van der Waals surface area (Å²) in [6.45, 7) is 5.53. The van der Waals surface area contributed by atoms with E-state index in [0.717, 1.165) is 6.54 Å². The number of rotatable bonds is 8. The predicted octanol–water partition coefficient (Wildman–Crippen LogP) is 5.10. The highest BCUT2D eigenvalue weighted by Gasteiger charge is 2.04. The Bertz CT molecular complexity index is 524. The van der Waals surface area contributed by atoms with Gasteiger partial charge >= 0.3 is 0 Å². The van der Waals surface area contributed by atoms with Crippen LogP contribution < -0.4 is 5.32 Å². The third-order valence-electron chi connectivity index (χ3n) is 3.67. The molecule has 0 amide bonds. The van der Waals surface area contributed by atoms with Crippen LogP contribution in [0.25, 0.3) is 10.8 Å². The lowest BCUT2D eigenvalue weighted by atomic mass is 10.1. The molecule has 1 N–H and O–H groups in total. The number of thioether (sulfide) groups is 1. The van der Waals surface area contributed by atoms with Gasteiger partial charge in [-0.25, -0.2) is 0 Å². The van der Waals surface area contributed by atoms with E-state index in [2.05, 4.69) is 61.6 Å². The monoisotopic (exact) mass is 287 g/mol. The van der Waals surface area contributed by atoms with Crippen LogP contribution in [0.1, 0.15) is 33.1 Å². The summed E-state index contributed by atoms with van der Waals surface area (Å²) in [4.78, 5) is 1.39. The fraction of sp³-hybridized carbons (Fsp3) is 0.444. The van der Waals surface area contributed by atoms with E-state index in [9.17, 15) is 0 Å². The SMILES string of the molecule is CCNC(CC)CCCSc1ccc2ccccc2c1. The lowest BCUT2D eigenvalue weighted by Crippen LogP contribution is -2.28. The summed E-state index contributed by atoms with van der Waals surface area (Å²) >= 11 is 1.98. The average Bonchev–Trinajstić information content (AvgIpc) is 2.50. The summed E-state index contributed by atoms with van der Waals surface area (Å²) in [6.07, 6.45) is 3.79. The molecule has 0 aliphatic rings. The number of hydrogen-bond acceptors (Lipinski definition) is 2. The fourth-order valence-corrected chi connectivity index (χ4v) is 3.44. The number of hydrogen-bond donors (Lipinski definition) is 1. The van der Waals surface area contributed by atoms with E-state index in [4.69, 9.17) is 0 Å². The Morgan fingerprint density at radius 1 is 1.05 bits per heavy atom. The van der Waals surface area contributed by atoms with E-state index >= 15 is 0 Å².